The normalized spacial score (nSPS) is 11.4. The van der Waals surface area contributed by atoms with Gasteiger partial charge in [0.05, 0.1) is 6.07 Å². The van der Waals surface area contributed by atoms with Crippen molar-refractivity contribution in [1.29, 1.82) is 5.26 Å². The average Bonchev–Trinajstić information content (AvgIpc) is 2.48. The smallest absolute Gasteiger partial charge is 0.242 e. The first kappa shape index (κ1) is 14.1. The highest BCUT2D eigenvalue weighted by Crippen LogP contribution is 2.15. The van der Waals surface area contributed by atoms with Gasteiger partial charge in [-0.15, -0.1) is 0 Å². The molecular weight excluding hydrogens is 272 g/mol. The summed E-state index contributed by atoms with van der Waals surface area (Å²) in [6.07, 6.45) is 0. The SMILES string of the molecule is N#CC(C(=O)NCc1ccc(Cl)cc1)c1ccccc1. The van der Waals surface area contributed by atoms with Crippen molar-refractivity contribution in [2.45, 2.75) is 12.5 Å². The van der Waals surface area contributed by atoms with Crippen molar-refractivity contribution in [3.05, 3.63) is 70.7 Å². The van der Waals surface area contributed by atoms with Crippen molar-refractivity contribution in [3.8, 4) is 6.07 Å². The molecule has 0 fully saturated rings. The lowest BCUT2D eigenvalue weighted by atomic mass is 10.00. The highest BCUT2D eigenvalue weighted by molar-refractivity contribution is 6.30. The Morgan fingerprint density at radius 1 is 1.15 bits per heavy atom. The van der Waals surface area contributed by atoms with Crippen molar-refractivity contribution in [2.75, 3.05) is 0 Å². The van der Waals surface area contributed by atoms with E-state index in [9.17, 15) is 4.79 Å². The molecule has 1 unspecified atom stereocenters. The van der Waals surface area contributed by atoms with Crippen molar-refractivity contribution < 1.29 is 4.79 Å². The molecule has 0 aliphatic heterocycles. The van der Waals surface area contributed by atoms with E-state index >= 15 is 0 Å². The number of nitriles is 1. The molecule has 0 saturated heterocycles. The van der Waals surface area contributed by atoms with Crippen molar-refractivity contribution in [3.63, 3.8) is 0 Å². The molecule has 3 nitrogen and oxygen atoms in total. The molecule has 1 atom stereocenters. The molecule has 100 valence electrons. The number of rotatable bonds is 4. The van der Waals surface area contributed by atoms with Crippen LogP contribution in [0, 0.1) is 11.3 Å². The monoisotopic (exact) mass is 284 g/mol. The van der Waals surface area contributed by atoms with E-state index in [1.54, 1.807) is 24.3 Å². The molecule has 0 aliphatic rings. The largest absolute Gasteiger partial charge is 0.351 e. The molecule has 1 amide bonds. The van der Waals surface area contributed by atoms with E-state index in [-0.39, 0.29) is 5.91 Å². The average molecular weight is 285 g/mol. The third kappa shape index (κ3) is 3.59. The number of hydrogen-bond acceptors (Lipinski definition) is 2. The molecule has 0 saturated carbocycles. The summed E-state index contributed by atoms with van der Waals surface area (Å²) in [4.78, 5) is 12.1. The molecule has 2 rings (SSSR count). The topological polar surface area (TPSA) is 52.9 Å². The van der Waals surface area contributed by atoms with E-state index in [2.05, 4.69) is 5.32 Å². The van der Waals surface area contributed by atoms with Crippen molar-refractivity contribution in [1.82, 2.24) is 5.32 Å². The fraction of sp³-hybridized carbons (Fsp3) is 0.125. The highest BCUT2D eigenvalue weighted by Gasteiger charge is 2.19. The third-order valence-electron chi connectivity index (χ3n) is 2.90. The Kier molecular flexibility index (Phi) is 4.75. The molecule has 4 heteroatoms. The Labute approximate surface area is 122 Å². The van der Waals surface area contributed by atoms with Crippen LogP contribution in [0.15, 0.2) is 54.6 Å². The highest BCUT2D eigenvalue weighted by atomic mass is 35.5. The van der Waals surface area contributed by atoms with Crippen LogP contribution in [0.2, 0.25) is 5.02 Å². The van der Waals surface area contributed by atoms with E-state index in [4.69, 9.17) is 16.9 Å². The minimum absolute atomic E-state index is 0.298. The molecule has 0 spiro atoms. The maximum Gasteiger partial charge on any atom is 0.242 e. The first-order valence-electron chi connectivity index (χ1n) is 6.17. The lowest BCUT2D eigenvalue weighted by molar-refractivity contribution is -0.121. The van der Waals surface area contributed by atoms with E-state index in [0.29, 0.717) is 17.1 Å². The fourth-order valence-electron chi connectivity index (χ4n) is 1.82. The number of amides is 1. The number of hydrogen-bond donors (Lipinski definition) is 1. The number of nitrogens with one attached hydrogen (secondary N) is 1. The van der Waals surface area contributed by atoms with E-state index in [1.807, 2.05) is 36.4 Å². The molecular formula is C16H13ClN2O. The summed E-state index contributed by atoms with van der Waals surface area (Å²) in [5, 5.41) is 12.6. The zero-order valence-electron chi connectivity index (χ0n) is 10.7. The fourth-order valence-corrected chi connectivity index (χ4v) is 1.95. The maximum atomic E-state index is 12.1. The van der Waals surface area contributed by atoms with Gasteiger partial charge in [0.1, 0.15) is 5.92 Å². The summed E-state index contributed by atoms with van der Waals surface area (Å²) >= 11 is 5.80. The third-order valence-corrected chi connectivity index (χ3v) is 3.16. The second kappa shape index (κ2) is 6.74. The van der Waals surface area contributed by atoms with Crippen molar-refractivity contribution in [2.24, 2.45) is 0 Å². The van der Waals surface area contributed by atoms with Crippen LogP contribution in [0.25, 0.3) is 0 Å². The second-order valence-corrected chi connectivity index (χ2v) is 4.75. The molecule has 20 heavy (non-hydrogen) atoms. The summed E-state index contributed by atoms with van der Waals surface area (Å²) < 4.78 is 0. The minimum atomic E-state index is -0.788. The Bertz CT molecular complexity index is 617. The van der Waals surface area contributed by atoms with Crippen LogP contribution in [0.5, 0.6) is 0 Å². The van der Waals surface area contributed by atoms with Crippen LogP contribution in [-0.2, 0) is 11.3 Å². The van der Waals surface area contributed by atoms with Gasteiger partial charge in [-0.25, -0.2) is 0 Å². The molecule has 2 aromatic rings. The Hall–Kier alpha value is -2.31. The molecule has 0 heterocycles. The zero-order valence-corrected chi connectivity index (χ0v) is 11.5. The number of benzene rings is 2. The van der Waals surface area contributed by atoms with Crippen LogP contribution in [-0.4, -0.2) is 5.91 Å². The van der Waals surface area contributed by atoms with Crippen LogP contribution in [0.4, 0.5) is 0 Å². The predicted octanol–water partition coefficient (Wildman–Crippen LogP) is 3.26. The van der Waals surface area contributed by atoms with Gasteiger partial charge in [-0.3, -0.25) is 4.79 Å². The van der Waals surface area contributed by atoms with Gasteiger partial charge >= 0.3 is 0 Å². The predicted molar refractivity (Wildman–Crippen MR) is 78.1 cm³/mol. The summed E-state index contributed by atoms with van der Waals surface area (Å²) in [5.74, 6) is -1.09. The second-order valence-electron chi connectivity index (χ2n) is 4.32. The molecule has 0 aliphatic carbocycles. The molecule has 0 aromatic heterocycles. The quantitative estimate of drug-likeness (QED) is 0.937. The molecule has 2 aromatic carbocycles. The standard InChI is InChI=1S/C16H13ClN2O/c17-14-8-6-12(7-9-14)11-19-16(20)15(10-18)13-4-2-1-3-5-13/h1-9,15H,11H2,(H,19,20). The molecule has 0 radical (unpaired) electrons. The maximum absolute atomic E-state index is 12.1. The van der Waals surface area contributed by atoms with Gasteiger partial charge in [0.15, 0.2) is 0 Å². The van der Waals surface area contributed by atoms with Gasteiger partial charge in [0, 0.05) is 11.6 Å². The van der Waals surface area contributed by atoms with Gasteiger partial charge in [-0.1, -0.05) is 54.1 Å². The zero-order chi connectivity index (χ0) is 14.4. The van der Waals surface area contributed by atoms with Gasteiger partial charge in [-0.05, 0) is 23.3 Å². The van der Waals surface area contributed by atoms with Crippen LogP contribution in [0.1, 0.15) is 17.0 Å². The summed E-state index contributed by atoms with van der Waals surface area (Å²) in [5.41, 5.74) is 1.64. The summed E-state index contributed by atoms with van der Waals surface area (Å²) in [7, 11) is 0. The lowest BCUT2D eigenvalue weighted by Gasteiger charge is -2.10. The Morgan fingerprint density at radius 3 is 2.40 bits per heavy atom. The number of carbonyl (C=O) groups is 1. The van der Waals surface area contributed by atoms with Gasteiger partial charge in [-0.2, -0.15) is 5.26 Å². The first-order valence-corrected chi connectivity index (χ1v) is 6.55. The van der Waals surface area contributed by atoms with E-state index < -0.39 is 5.92 Å². The van der Waals surface area contributed by atoms with E-state index in [0.717, 1.165) is 5.56 Å². The Balaban J connectivity index is 2.00. The van der Waals surface area contributed by atoms with Crippen LogP contribution < -0.4 is 5.32 Å². The van der Waals surface area contributed by atoms with Gasteiger partial charge in [0.2, 0.25) is 5.91 Å². The van der Waals surface area contributed by atoms with E-state index in [1.165, 1.54) is 0 Å². The molecule has 0 bridgehead atoms. The lowest BCUT2D eigenvalue weighted by Crippen LogP contribution is -2.28. The molecule has 1 N–H and O–H groups in total. The van der Waals surface area contributed by atoms with Gasteiger partial charge in [0.25, 0.3) is 0 Å². The number of nitrogens with zero attached hydrogens (tertiary/aromatic N) is 1. The van der Waals surface area contributed by atoms with Crippen LogP contribution >= 0.6 is 11.6 Å². The van der Waals surface area contributed by atoms with Crippen LogP contribution in [0.3, 0.4) is 0 Å². The van der Waals surface area contributed by atoms with Crippen molar-refractivity contribution >= 4 is 17.5 Å². The Morgan fingerprint density at radius 2 is 1.80 bits per heavy atom. The number of halogens is 1. The van der Waals surface area contributed by atoms with Gasteiger partial charge < -0.3 is 5.32 Å². The summed E-state index contributed by atoms with van der Waals surface area (Å²) in [6, 6.07) is 18.3. The number of carbonyl (C=O) groups excluding carboxylic acids is 1. The minimum Gasteiger partial charge on any atom is -0.351 e. The first-order chi connectivity index (χ1) is 9.70. The summed E-state index contributed by atoms with van der Waals surface area (Å²) in [6.45, 7) is 0.376.